The summed E-state index contributed by atoms with van der Waals surface area (Å²) in [6, 6.07) is 9.61. The Hall–Kier alpha value is -2.07. The van der Waals surface area contributed by atoms with E-state index >= 15 is 0 Å². The van der Waals surface area contributed by atoms with Crippen LogP contribution in [0.1, 0.15) is 24.2 Å². The summed E-state index contributed by atoms with van der Waals surface area (Å²) in [4.78, 5) is 32.5. The average Bonchev–Trinajstić information content (AvgIpc) is 3.13. The van der Waals surface area contributed by atoms with E-state index in [1.165, 1.54) is 29.5 Å². The lowest BCUT2D eigenvalue weighted by Gasteiger charge is -2.25. The Morgan fingerprint density at radius 3 is 2.60 bits per heavy atom. The molecule has 0 aliphatic carbocycles. The molecule has 0 saturated carbocycles. The molecular weight excluding hydrogens is 492 g/mol. The van der Waals surface area contributed by atoms with Gasteiger partial charge in [0.05, 0.1) is 25.7 Å². The zero-order valence-electron chi connectivity index (χ0n) is 16.5. The van der Waals surface area contributed by atoms with E-state index in [1.54, 1.807) is 4.90 Å². The molecule has 0 aliphatic heterocycles. The molecule has 0 unspecified atom stereocenters. The molecule has 158 valence electrons. The summed E-state index contributed by atoms with van der Waals surface area (Å²) >= 11 is 11.1. The van der Waals surface area contributed by atoms with Crippen LogP contribution in [0, 0.1) is 10.1 Å². The topological polar surface area (TPSA) is 79.6 Å². The lowest BCUT2D eigenvalue weighted by molar-refractivity contribution is -0.384. The van der Waals surface area contributed by atoms with Crippen LogP contribution in [0.3, 0.4) is 0 Å². The van der Waals surface area contributed by atoms with E-state index in [9.17, 15) is 14.9 Å². The van der Waals surface area contributed by atoms with Crippen molar-refractivity contribution < 1.29 is 9.72 Å². The highest BCUT2D eigenvalue weighted by atomic mass is 79.9. The van der Waals surface area contributed by atoms with E-state index in [4.69, 9.17) is 11.6 Å². The van der Waals surface area contributed by atoms with Crippen LogP contribution in [-0.4, -0.2) is 46.9 Å². The molecule has 0 saturated heterocycles. The number of carbonyl (C=O) groups is 1. The number of aromatic nitrogens is 1. The Kier molecular flexibility index (Phi) is 7.41. The second-order valence-electron chi connectivity index (χ2n) is 6.51. The van der Waals surface area contributed by atoms with Crippen molar-refractivity contribution in [3.05, 3.63) is 61.6 Å². The lowest BCUT2D eigenvalue weighted by Crippen LogP contribution is -2.39. The second kappa shape index (κ2) is 9.82. The molecule has 2 aromatic carbocycles. The van der Waals surface area contributed by atoms with Crippen molar-refractivity contribution in [2.24, 2.45) is 0 Å². The molecule has 0 radical (unpaired) electrons. The second-order valence-corrected chi connectivity index (χ2v) is 8.85. The third-order valence-electron chi connectivity index (χ3n) is 4.74. The highest BCUT2D eigenvalue weighted by Crippen LogP contribution is 2.33. The van der Waals surface area contributed by atoms with E-state index in [1.807, 2.05) is 18.2 Å². The maximum Gasteiger partial charge on any atom is 0.270 e. The fourth-order valence-corrected chi connectivity index (χ4v) is 4.74. The molecule has 0 atom stereocenters. The summed E-state index contributed by atoms with van der Waals surface area (Å²) in [5.41, 5.74) is 0.689. The van der Waals surface area contributed by atoms with Crippen LogP contribution in [0.25, 0.3) is 10.2 Å². The molecular formula is C20H20BrClN4O3S. The third-order valence-corrected chi connectivity index (χ3v) is 6.60. The van der Waals surface area contributed by atoms with Crippen molar-refractivity contribution in [2.45, 2.75) is 13.8 Å². The van der Waals surface area contributed by atoms with Gasteiger partial charge in [0, 0.05) is 29.7 Å². The lowest BCUT2D eigenvalue weighted by atomic mass is 10.1. The van der Waals surface area contributed by atoms with Gasteiger partial charge in [-0.05, 0) is 37.4 Å². The molecule has 1 aromatic heterocycles. The summed E-state index contributed by atoms with van der Waals surface area (Å²) in [6.45, 7) is 6.85. The molecule has 0 bridgehead atoms. The maximum atomic E-state index is 13.4. The van der Waals surface area contributed by atoms with Crippen LogP contribution < -0.4 is 4.90 Å². The molecule has 0 fully saturated rings. The number of anilines is 1. The first-order valence-electron chi connectivity index (χ1n) is 9.38. The van der Waals surface area contributed by atoms with Crippen molar-refractivity contribution in [1.82, 2.24) is 9.88 Å². The minimum absolute atomic E-state index is 0.0888. The number of likely N-dealkylation sites (N-methyl/N-ethyl adjacent to an activating group) is 1. The molecule has 1 amide bonds. The number of non-ortho nitro benzene ring substituents is 1. The predicted octanol–water partition coefficient (Wildman–Crippen LogP) is 5.61. The number of halogens is 2. The Morgan fingerprint density at radius 1 is 1.20 bits per heavy atom. The zero-order chi connectivity index (χ0) is 21.8. The van der Waals surface area contributed by atoms with Gasteiger partial charge in [0.15, 0.2) is 5.13 Å². The fourth-order valence-electron chi connectivity index (χ4n) is 3.00. The Morgan fingerprint density at radius 2 is 1.93 bits per heavy atom. The highest BCUT2D eigenvalue weighted by Gasteiger charge is 2.25. The quantitative estimate of drug-likeness (QED) is 0.290. The number of nitrogens with zero attached hydrogens (tertiary/aromatic N) is 4. The minimum atomic E-state index is -0.539. The summed E-state index contributed by atoms with van der Waals surface area (Å²) < 4.78 is 1.86. The van der Waals surface area contributed by atoms with Crippen LogP contribution in [-0.2, 0) is 0 Å². The zero-order valence-corrected chi connectivity index (χ0v) is 19.6. The Bertz CT molecular complexity index is 1090. The van der Waals surface area contributed by atoms with Gasteiger partial charge >= 0.3 is 0 Å². The van der Waals surface area contributed by atoms with Gasteiger partial charge in [0.2, 0.25) is 0 Å². The van der Waals surface area contributed by atoms with Gasteiger partial charge in [-0.15, -0.1) is 0 Å². The van der Waals surface area contributed by atoms with Crippen molar-refractivity contribution >= 4 is 65.8 Å². The normalized spacial score (nSPS) is 11.2. The van der Waals surface area contributed by atoms with Gasteiger partial charge in [0.1, 0.15) is 0 Å². The van der Waals surface area contributed by atoms with Crippen LogP contribution in [0.4, 0.5) is 10.8 Å². The first-order valence-corrected chi connectivity index (χ1v) is 11.4. The van der Waals surface area contributed by atoms with Gasteiger partial charge in [-0.3, -0.25) is 19.8 Å². The summed E-state index contributed by atoms with van der Waals surface area (Å²) in [7, 11) is 0. The van der Waals surface area contributed by atoms with Gasteiger partial charge in [-0.1, -0.05) is 52.7 Å². The van der Waals surface area contributed by atoms with Crippen molar-refractivity contribution in [3.63, 3.8) is 0 Å². The summed E-state index contributed by atoms with van der Waals surface area (Å²) in [5.74, 6) is -0.408. The highest BCUT2D eigenvalue weighted by molar-refractivity contribution is 9.10. The first kappa shape index (κ1) is 22.6. The van der Waals surface area contributed by atoms with Gasteiger partial charge in [0.25, 0.3) is 11.6 Å². The molecule has 0 spiro atoms. The van der Waals surface area contributed by atoms with Crippen molar-refractivity contribution in [3.8, 4) is 0 Å². The van der Waals surface area contributed by atoms with Crippen LogP contribution in [0.5, 0.6) is 0 Å². The van der Waals surface area contributed by atoms with E-state index in [2.05, 4.69) is 39.7 Å². The molecule has 0 aliphatic rings. The molecule has 1 heterocycles. The van der Waals surface area contributed by atoms with Crippen LogP contribution in [0.15, 0.2) is 40.9 Å². The number of carbonyl (C=O) groups excluding carboxylic acids is 1. The number of benzene rings is 2. The van der Waals surface area contributed by atoms with Crippen LogP contribution in [0.2, 0.25) is 5.02 Å². The molecule has 0 N–H and O–H groups in total. The number of thiazole rings is 1. The van der Waals surface area contributed by atoms with E-state index in [0.29, 0.717) is 18.2 Å². The number of fused-ring (bicyclic) bond motifs is 1. The van der Waals surface area contributed by atoms with E-state index in [0.717, 1.165) is 27.8 Å². The van der Waals surface area contributed by atoms with Crippen molar-refractivity contribution in [2.75, 3.05) is 31.1 Å². The molecule has 30 heavy (non-hydrogen) atoms. The van der Waals surface area contributed by atoms with Crippen LogP contribution >= 0.6 is 38.9 Å². The molecule has 10 heteroatoms. The number of nitro benzene ring substituents is 1. The number of hydrogen-bond donors (Lipinski definition) is 0. The van der Waals surface area contributed by atoms with Gasteiger partial charge in [-0.25, -0.2) is 4.98 Å². The van der Waals surface area contributed by atoms with E-state index in [-0.39, 0.29) is 16.3 Å². The SMILES string of the molecule is CCN(CC)CCN(C(=O)c1cc([N+](=O)[O-])ccc1Cl)c1nc2ccc(Br)cc2s1. The smallest absolute Gasteiger partial charge is 0.270 e. The summed E-state index contributed by atoms with van der Waals surface area (Å²) in [5, 5.41) is 11.9. The third kappa shape index (κ3) is 4.97. The monoisotopic (exact) mass is 510 g/mol. The maximum absolute atomic E-state index is 13.4. The van der Waals surface area contributed by atoms with E-state index < -0.39 is 10.8 Å². The first-order chi connectivity index (χ1) is 14.3. The molecule has 3 rings (SSSR count). The Balaban J connectivity index is 2.03. The number of rotatable bonds is 8. The molecule has 3 aromatic rings. The van der Waals surface area contributed by atoms with Crippen molar-refractivity contribution in [1.29, 1.82) is 0 Å². The largest absolute Gasteiger partial charge is 0.302 e. The Labute approximate surface area is 191 Å². The summed E-state index contributed by atoms with van der Waals surface area (Å²) in [6.07, 6.45) is 0. The number of nitro groups is 1. The number of hydrogen-bond acceptors (Lipinski definition) is 6. The molecule has 7 nitrogen and oxygen atoms in total. The number of amides is 1. The predicted molar refractivity (Wildman–Crippen MR) is 125 cm³/mol. The van der Waals surface area contributed by atoms with Gasteiger partial charge < -0.3 is 4.90 Å². The fraction of sp³-hybridized carbons (Fsp3) is 0.300. The standard InChI is InChI=1S/C20H20BrClN4O3S/c1-3-24(4-2)9-10-25(20-23-17-8-5-13(21)11-18(17)30-20)19(27)15-12-14(26(28)29)6-7-16(15)22/h5-8,11-12H,3-4,9-10H2,1-2H3. The average molecular weight is 512 g/mol. The minimum Gasteiger partial charge on any atom is -0.302 e. The van der Waals surface area contributed by atoms with Gasteiger partial charge in [-0.2, -0.15) is 0 Å².